The fourth-order valence-corrected chi connectivity index (χ4v) is 6.81. The average Bonchev–Trinajstić information content (AvgIpc) is 3.19. The van der Waals surface area contributed by atoms with E-state index in [0.29, 0.717) is 19.3 Å². The Hall–Kier alpha value is -2.37. The SMILES string of the molecule is CC/C=C\C/C=C\C/C=C\CCCCCCC(=O)OCC(COC(=O)CCCCCCCCCCCCCC)OC(=O)CCCCCCCCCCCCCC. The summed E-state index contributed by atoms with van der Waals surface area (Å²) in [5.41, 5.74) is 0. The lowest BCUT2D eigenvalue weighted by Gasteiger charge is -2.18. The van der Waals surface area contributed by atoms with Crippen LogP contribution < -0.4 is 0 Å². The van der Waals surface area contributed by atoms with Crippen LogP contribution in [0.25, 0.3) is 0 Å². The molecule has 0 aliphatic heterocycles. The first-order chi connectivity index (χ1) is 27.5. The van der Waals surface area contributed by atoms with E-state index in [2.05, 4.69) is 57.2 Å². The minimum atomic E-state index is -0.774. The Morgan fingerprint density at radius 3 is 1.09 bits per heavy atom. The van der Waals surface area contributed by atoms with E-state index in [9.17, 15) is 14.4 Å². The maximum Gasteiger partial charge on any atom is 0.306 e. The van der Waals surface area contributed by atoms with E-state index in [1.165, 1.54) is 116 Å². The summed E-state index contributed by atoms with van der Waals surface area (Å²) in [5.74, 6) is -0.892. The first kappa shape index (κ1) is 53.6. The van der Waals surface area contributed by atoms with E-state index in [-0.39, 0.29) is 31.1 Å². The van der Waals surface area contributed by atoms with Crippen molar-refractivity contribution in [1.82, 2.24) is 0 Å². The highest BCUT2D eigenvalue weighted by Gasteiger charge is 2.19. The largest absolute Gasteiger partial charge is 0.462 e. The molecule has 1 unspecified atom stereocenters. The van der Waals surface area contributed by atoms with E-state index in [1.54, 1.807) is 0 Å². The van der Waals surface area contributed by atoms with Crippen molar-refractivity contribution in [3.8, 4) is 0 Å². The maximum atomic E-state index is 12.7. The highest BCUT2D eigenvalue weighted by atomic mass is 16.6. The third kappa shape index (κ3) is 42.8. The Morgan fingerprint density at radius 1 is 0.375 bits per heavy atom. The van der Waals surface area contributed by atoms with Crippen molar-refractivity contribution in [3.63, 3.8) is 0 Å². The van der Waals surface area contributed by atoms with Gasteiger partial charge < -0.3 is 14.2 Å². The fraction of sp³-hybridized carbons (Fsp3) is 0.820. The lowest BCUT2D eigenvalue weighted by Crippen LogP contribution is -2.30. The van der Waals surface area contributed by atoms with Gasteiger partial charge in [-0.15, -0.1) is 0 Å². The average molecular weight is 787 g/mol. The third-order valence-corrected chi connectivity index (χ3v) is 10.4. The highest BCUT2D eigenvalue weighted by Crippen LogP contribution is 2.15. The van der Waals surface area contributed by atoms with Crippen LogP contribution in [-0.4, -0.2) is 37.2 Å². The molecular weight excluding hydrogens is 697 g/mol. The fourth-order valence-electron chi connectivity index (χ4n) is 6.81. The Morgan fingerprint density at radius 2 is 0.696 bits per heavy atom. The molecule has 0 saturated carbocycles. The molecule has 0 rings (SSSR count). The molecular formula is C50H90O6. The molecule has 326 valence electrons. The minimum Gasteiger partial charge on any atom is -0.462 e. The number of ether oxygens (including phenoxy) is 3. The summed E-state index contributed by atoms with van der Waals surface area (Å²) in [6, 6.07) is 0. The second-order valence-electron chi connectivity index (χ2n) is 16.0. The van der Waals surface area contributed by atoms with E-state index >= 15 is 0 Å². The minimum absolute atomic E-state index is 0.0756. The smallest absolute Gasteiger partial charge is 0.306 e. The molecule has 0 aliphatic rings. The molecule has 6 nitrogen and oxygen atoms in total. The predicted octanol–water partition coefficient (Wildman–Crippen LogP) is 15.4. The van der Waals surface area contributed by atoms with Gasteiger partial charge in [-0.2, -0.15) is 0 Å². The molecule has 0 bridgehead atoms. The normalized spacial score (nSPS) is 12.3. The number of hydrogen-bond acceptors (Lipinski definition) is 6. The van der Waals surface area contributed by atoms with Crippen molar-refractivity contribution < 1.29 is 28.6 Å². The van der Waals surface area contributed by atoms with Crippen LogP contribution in [0, 0.1) is 0 Å². The van der Waals surface area contributed by atoms with Crippen molar-refractivity contribution in [2.75, 3.05) is 13.2 Å². The summed E-state index contributed by atoms with van der Waals surface area (Å²) in [6.45, 7) is 6.51. The Bertz CT molecular complexity index is 953. The van der Waals surface area contributed by atoms with Crippen LogP contribution in [0.2, 0.25) is 0 Å². The van der Waals surface area contributed by atoms with E-state index in [0.717, 1.165) is 89.9 Å². The zero-order valence-electron chi connectivity index (χ0n) is 37.2. The third-order valence-electron chi connectivity index (χ3n) is 10.4. The molecule has 0 spiro atoms. The number of esters is 3. The van der Waals surface area contributed by atoms with Crippen LogP contribution in [0.15, 0.2) is 36.5 Å². The number of unbranched alkanes of at least 4 members (excludes halogenated alkanes) is 26. The Labute approximate surface area is 346 Å². The molecule has 1 atom stereocenters. The summed E-state index contributed by atoms with van der Waals surface area (Å²) in [6.07, 6.45) is 51.2. The second-order valence-corrected chi connectivity index (χ2v) is 16.0. The maximum absolute atomic E-state index is 12.7. The second kappa shape index (κ2) is 45.3. The molecule has 0 aliphatic carbocycles. The van der Waals surface area contributed by atoms with Crippen LogP contribution in [0.3, 0.4) is 0 Å². The number of allylic oxidation sites excluding steroid dienone is 6. The van der Waals surface area contributed by atoms with Gasteiger partial charge in [0.2, 0.25) is 0 Å². The van der Waals surface area contributed by atoms with Crippen molar-refractivity contribution in [1.29, 1.82) is 0 Å². The van der Waals surface area contributed by atoms with Crippen molar-refractivity contribution in [3.05, 3.63) is 36.5 Å². The molecule has 0 aromatic rings. The van der Waals surface area contributed by atoms with E-state index < -0.39 is 6.10 Å². The van der Waals surface area contributed by atoms with Gasteiger partial charge in [-0.3, -0.25) is 14.4 Å². The zero-order valence-corrected chi connectivity index (χ0v) is 37.2. The number of carbonyl (C=O) groups excluding carboxylic acids is 3. The molecule has 6 heteroatoms. The first-order valence-electron chi connectivity index (χ1n) is 24.0. The molecule has 0 saturated heterocycles. The van der Waals surface area contributed by atoms with Crippen molar-refractivity contribution in [2.45, 2.75) is 252 Å². The van der Waals surface area contributed by atoms with Gasteiger partial charge >= 0.3 is 17.9 Å². The topological polar surface area (TPSA) is 78.9 Å². The zero-order chi connectivity index (χ0) is 40.8. The van der Waals surface area contributed by atoms with Gasteiger partial charge in [0.1, 0.15) is 13.2 Å². The summed E-state index contributed by atoms with van der Waals surface area (Å²) in [7, 11) is 0. The Kier molecular flexibility index (Phi) is 43.4. The molecule has 0 heterocycles. The first-order valence-corrected chi connectivity index (χ1v) is 24.0. The van der Waals surface area contributed by atoms with Crippen molar-refractivity contribution >= 4 is 17.9 Å². The molecule has 0 aromatic carbocycles. The summed E-state index contributed by atoms with van der Waals surface area (Å²) in [4.78, 5) is 37.8. The summed E-state index contributed by atoms with van der Waals surface area (Å²) >= 11 is 0. The van der Waals surface area contributed by atoms with Crippen LogP contribution in [0.5, 0.6) is 0 Å². The van der Waals surface area contributed by atoms with E-state index in [1.807, 2.05) is 0 Å². The van der Waals surface area contributed by atoms with Gasteiger partial charge in [-0.05, 0) is 51.4 Å². The summed E-state index contributed by atoms with van der Waals surface area (Å²) < 4.78 is 16.7. The molecule has 0 amide bonds. The number of rotatable bonds is 43. The number of hydrogen-bond donors (Lipinski definition) is 0. The lowest BCUT2D eigenvalue weighted by atomic mass is 10.0. The molecule has 0 N–H and O–H groups in total. The predicted molar refractivity (Wildman–Crippen MR) is 238 cm³/mol. The number of carbonyl (C=O) groups is 3. The van der Waals surface area contributed by atoms with Gasteiger partial charge in [0.15, 0.2) is 6.10 Å². The van der Waals surface area contributed by atoms with Crippen molar-refractivity contribution in [2.24, 2.45) is 0 Å². The Balaban J connectivity index is 4.38. The van der Waals surface area contributed by atoms with Gasteiger partial charge in [0.05, 0.1) is 0 Å². The molecule has 0 aromatic heterocycles. The molecule has 56 heavy (non-hydrogen) atoms. The van der Waals surface area contributed by atoms with Crippen LogP contribution >= 0.6 is 0 Å². The van der Waals surface area contributed by atoms with Gasteiger partial charge in [0.25, 0.3) is 0 Å². The lowest BCUT2D eigenvalue weighted by molar-refractivity contribution is -0.167. The van der Waals surface area contributed by atoms with Crippen LogP contribution in [0.1, 0.15) is 245 Å². The molecule has 0 radical (unpaired) electrons. The van der Waals surface area contributed by atoms with Gasteiger partial charge in [-0.25, -0.2) is 0 Å². The van der Waals surface area contributed by atoms with Crippen LogP contribution in [0.4, 0.5) is 0 Å². The van der Waals surface area contributed by atoms with Gasteiger partial charge in [-0.1, -0.05) is 211 Å². The van der Waals surface area contributed by atoms with Gasteiger partial charge in [0, 0.05) is 19.3 Å². The van der Waals surface area contributed by atoms with Crippen LogP contribution in [-0.2, 0) is 28.6 Å². The summed E-state index contributed by atoms with van der Waals surface area (Å²) in [5, 5.41) is 0. The standard InChI is InChI=1S/C50H90O6/c1-4-7-10-13-16-19-22-25-26-29-31-34-37-40-43-49(52)55-46-47(56-50(53)44-41-38-35-32-28-24-21-18-15-12-9-6-3)45-54-48(51)42-39-36-33-30-27-23-20-17-14-11-8-5-2/h7,10,16,19,25-26,47H,4-6,8-9,11-15,17-18,20-24,27-46H2,1-3H3/b10-7-,19-16-,26-25-. The monoisotopic (exact) mass is 787 g/mol. The molecule has 0 fully saturated rings. The highest BCUT2D eigenvalue weighted by molar-refractivity contribution is 5.71. The van der Waals surface area contributed by atoms with E-state index in [4.69, 9.17) is 14.2 Å². The quantitative estimate of drug-likeness (QED) is 0.0265.